The SMILES string of the molecule is CC[C@H](c1nnnn1C(C)(C)CC)[NH+](CCCO)Cc1cc2cccc(C)c2[nH]c1=O. The molecule has 0 aliphatic heterocycles. The zero-order valence-corrected chi connectivity index (χ0v) is 19.3. The van der Waals surface area contributed by atoms with Crippen LogP contribution in [0.1, 0.15) is 70.0 Å². The first-order valence-electron chi connectivity index (χ1n) is 11.2. The van der Waals surface area contributed by atoms with Crippen LogP contribution in [0.15, 0.2) is 29.1 Å². The fourth-order valence-electron chi connectivity index (χ4n) is 4.14. The highest BCUT2D eigenvalue weighted by molar-refractivity contribution is 5.81. The molecule has 0 saturated heterocycles. The van der Waals surface area contributed by atoms with Crippen LogP contribution in [0, 0.1) is 6.92 Å². The van der Waals surface area contributed by atoms with E-state index in [0.29, 0.717) is 13.0 Å². The summed E-state index contributed by atoms with van der Waals surface area (Å²) < 4.78 is 1.92. The van der Waals surface area contributed by atoms with E-state index in [1.165, 1.54) is 4.90 Å². The third-order valence-electron chi connectivity index (χ3n) is 6.38. The topological polar surface area (TPSA) is 101 Å². The quantitative estimate of drug-likeness (QED) is 0.459. The van der Waals surface area contributed by atoms with Gasteiger partial charge in [-0.15, -0.1) is 5.10 Å². The second-order valence-corrected chi connectivity index (χ2v) is 8.90. The molecule has 0 spiro atoms. The van der Waals surface area contributed by atoms with E-state index in [1.807, 2.05) is 35.9 Å². The van der Waals surface area contributed by atoms with Gasteiger partial charge in [0.25, 0.3) is 5.56 Å². The standard InChI is InChI=1S/C23H34N6O2/c1-6-19(21-25-26-27-29(21)23(4,5)7-2)28(12-9-13-30)15-18-14-17-11-8-10-16(3)20(17)24-22(18)31/h8,10-11,14,19,30H,6-7,9,12-13,15H2,1-5H3,(H,24,31)/p+1/t19-/m1/s1. The van der Waals surface area contributed by atoms with Crippen LogP contribution in [0.3, 0.4) is 0 Å². The van der Waals surface area contributed by atoms with Crippen molar-refractivity contribution in [3.8, 4) is 0 Å². The number of quaternary nitrogens is 1. The number of para-hydroxylation sites is 1. The van der Waals surface area contributed by atoms with Gasteiger partial charge in [0.15, 0.2) is 0 Å². The third kappa shape index (κ3) is 4.85. The Hall–Kier alpha value is -2.58. The monoisotopic (exact) mass is 427 g/mol. The lowest BCUT2D eigenvalue weighted by molar-refractivity contribution is -0.946. The minimum absolute atomic E-state index is 0.0139. The second kappa shape index (κ2) is 9.70. The van der Waals surface area contributed by atoms with Crippen LogP contribution in [0.2, 0.25) is 0 Å². The maximum absolute atomic E-state index is 12.9. The molecule has 0 amide bonds. The van der Waals surface area contributed by atoms with Gasteiger partial charge in [-0.25, -0.2) is 4.68 Å². The Morgan fingerprint density at radius 3 is 2.74 bits per heavy atom. The number of H-pyrrole nitrogens is 1. The van der Waals surface area contributed by atoms with E-state index in [9.17, 15) is 9.90 Å². The van der Waals surface area contributed by atoms with Crippen LogP contribution in [0.25, 0.3) is 10.9 Å². The number of nitrogens with one attached hydrogen (secondary N) is 2. The smallest absolute Gasteiger partial charge is 0.257 e. The molecule has 8 heteroatoms. The van der Waals surface area contributed by atoms with Gasteiger partial charge in [0.2, 0.25) is 5.82 Å². The molecule has 2 atom stereocenters. The Labute approximate surface area is 183 Å². The van der Waals surface area contributed by atoms with Crippen molar-refractivity contribution in [2.24, 2.45) is 0 Å². The molecule has 1 aromatic carbocycles. The minimum Gasteiger partial charge on any atom is -0.396 e. The number of hydrogen-bond donors (Lipinski definition) is 3. The van der Waals surface area contributed by atoms with Crippen LogP contribution in [-0.2, 0) is 12.1 Å². The number of benzene rings is 1. The van der Waals surface area contributed by atoms with Gasteiger partial charge < -0.3 is 15.0 Å². The molecule has 2 aromatic heterocycles. The number of aliphatic hydroxyl groups is 1. The highest BCUT2D eigenvalue weighted by atomic mass is 16.3. The molecule has 0 aliphatic carbocycles. The van der Waals surface area contributed by atoms with Crippen molar-refractivity contribution in [1.29, 1.82) is 0 Å². The predicted molar refractivity (Wildman–Crippen MR) is 121 cm³/mol. The average molecular weight is 428 g/mol. The van der Waals surface area contributed by atoms with Gasteiger partial charge in [0.1, 0.15) is 12.6 Å². The first-order valence-corrected chi connectivity index (χ1v) is 11.2. The number of hydrogen-bond acceptors (Lipinski definition) is 5. The third-order valence-corrected chi connectivity index (χ3v) is 6.38. The van der Waals surface area contributed by atoms with E-state index in [1.54, 1.807) is 0 Å². The molecule has 0 aliphatic rings. The van der Waals surface area contributed by atoms with Crippen LogP contribution in [-0.4, -0.2) is 43.4 Å². The van der Waals surface area contributed by atoms with Crippen molar-refractivity contribution >= 4 is 10.9 Å². The average Bonchev–Trinajstić information content (AvgIpc) is 3.24. The molecular weight excluding hydrogens is 392 g/mol. The molecule has 0 radical (unpaired) electrons. The van der Waals surface area contributed by atoms with E-state index in [-0.39, 0.29) is 23.7 Å². The molecule has 0 fully saturated rings. The molecule has 0 bridgehead atoms. The summed E-state index contributed by atoms with van der Waals surface area (Å²) in [5.41, 5.74) is 2.41. The number of tetrazole rings is 1. The number of rotatable bonds is 10. The van der Waals surface area contributed by atoms with Gasteiger partial charge in [0.05, 0.1) is 23.2 Å². The summed E-state index contributed by atoms with van der Waals surface area (Å²) >= 11 is 0. The van der Waals surface area contributed by atoms with Crippen molar-refractivity contribution < 1.29 is 10.0 Å². The molecule has 8 nitrogen and oxygen atoms in total. The van der Waals surface area contributed by atoms with E-state index in [0.717, 1.165) is 47.2 Å². The fraction of sp³-hybridized carbons (Fsp3) is 0.565. The van der Waals surface area contributed by atoms with Gasteiger partial charge in [-0.05, 0) is 54.6 Å². The normalized spacial score (nSPS) is 14.1. The fourth-order valence-corrected chi connectivity index (χ4v) is 4.14. The number of pyridine rings is 1. The molecule has 3 N–H and O–H groups in total. The maximum atomic E-state index is 12.9. The van der Waals surface area contributed by atoms with Crippen LogP contribution in [0.5, 0.6) is 0 Å². The van der Waals surface area contributed by atoms with E-state index in [2.05, 4.69) is 48.2 Å². The number of nitrogens with zero attached hydrogens (tertiary/aromatic N) is 4. The summed E-state index contributed by atoms with van der Waals surface area (Å²) in [4.78, 5) is 17.1. The Bertz CT molecular complexity index is 1070. The predicted octanol–water partition coefficient (Wildman–Crippen LogP) is 1.89. The van der Waals surface area contributed by atoms with Crippen LogP contribution in [0.4, 0.5) is 0 Å². The highest BCUT2D eigenvalue weighted by Gasteiger charge is 2.33. The Morgan fingerprint density at radius 1 is 1.29 bits per heavy atom. The van der Waals surface area contributed by atoms with Gasteiger partial charge in [-0.3, -0.25) is 4.79 Å². The molecule has 168 valence electrons. The van der Waals surface area contributed by atoms with E-state index < -0.39 is 0 Å². The molecule has 2 heterocycles. The maximum Gasteiger partial charge on any atom is 0.257 e. The molecule has 31 heavy (non-hydrogen) atoms. The first-order chi connectivity index (χ1) is 14.8. The molecule has 3 rings (SSSR count). The number of aromatic nitrogens is 5. The summed E-state index contributed by atoms with van der Waals surface area (Å²) in [5.74, 6) is 0.829. The zero-order valence-electron chi connectivity index (χ0n) is 19.3. The summed E-state index contributed by atoms with van der Waals surface area (Å²) in [6.45, 7) is 11.9. The first kappa shape index (κ1) is 23.1. The molecule has 0 saturated carbocycles. The van der Waals surface area contributed by atoms with Gasteiger partial charge in [-0.1, -0.05) is 32.0 Å². The summed E-state index contributed by atoms with van der Waals surface area (Å²) in [5, 5.41) is 23.2. The number of aliphatic hydroxyl groups excluding tert-OH is 1. The summed E-state index contributed by atoms with van der Waals surface area (Å²) in [6, 6.07) is 8.04. The van der Waals surface area contributed by atoms with Crippen molar-refractivity contribution in [1.82, 2.24) is 25.2 Å². The second-order valence-electron chi connectivity index (χ2n) is 8.90. The molecular formula is C23H35N6O2+. The molecule has 3 aromatic rings. The zero-order chi connectivity index (χ0) is 22.6. The lowest BCUT2D eigenvalue weighted by Gasteiger charge is -2.30. The van der Waals surface area contributed by atoms with Crippen molar-refractivity contribution in [3.63, 3.8) is 0 Å². The number of aryl methyl sites for hydroxylation is 1. The Balaban J connectivity index is 2.01. The van der Waals surface area contributed by atoms with Crippen molar-refractivity contribution in [3.05, 3.63) is 51.6 Å². The van der Waals surface area contributed by atoms with Crippen LogP contribution >= 0.6 is 0 Å². The Kier molecular flexibility index (Phi) is 7.23. The van der Waals surface area contributed by atoms with Crippen molar-refractivity contribution in [2.75, 3.05) is 13.2 Å². The number of fused-ring (bicyclic) bond motifs is 1. The van der Waals surface area contributed by atoms with Crippen LogP contribution < -0.4 is 10.5 Å². The van der Waals surface area contributed by atoms with E-state index in [4.69, 9.17) is 0 Å². The lowest BCUT2D eigenvalue weighted by atomic mass is 10.0. The van der Waals surface area contributed by atoms with Gasteiger partial charge in [-0.2, -0.15) is 0 Å². The minimum atomic E-state index is -0.202. The summed E-state index contributed by atoms with van der Waals surface area (Å²) in [6.07, 6.45) is 2.37. The van der Waals surface area contributed by atoms with E-state index >= 15 is 0 Å². The Morgan fingerprint density at radius 2 is 2.06 bits per heavy atom. The number of aromatic amines is 1. The lowest BCUT2D eigenvalue weighted by Crippen LogP contribution is -3.11. The summed E-state index contributed by atoms with van der Waals surface area (Å²) in [7, 11) is 0. The van der Waals surface area contributed by atoms with Gasteiger partial charge >= 0.3 is 0 Å². The van der Waals surface area contributed by atoms with Crippen molar-refractivity contribution in [2.45, 2.75) is 72.0 Å². The largest absolute Gasteiger partial charge is 0.396 e. The van der Waals surface area contributed by atoms with Gasteiger partial charge in [0, 0.05) is 19.4 Å². The highest BCUT2D eigenvalue weighted by Crippen LogP contribution is 2.22. The molecule has 1 unspecified atom stereocenters.